The van der Waals surface area contributed by atoms with Crippen LogP contribution in [-0.4, -0.2) is 20.8 Å². The molecule has 1 aromatic rings. The third kappa shape index (κ3) is 2.78. The molecule has 0 fully saturated rings. The Morgan fingerprint density at radius 2 is 1.72 bits per heavy atom. The lowest BCUT2D eigenvalue weighted by atomic mass is 9.76. The van der Waals surface area contributed by atoms with Crippen LogP contribution in [0.15, 0.2) is 12.1 Å². The Kier molecular flexibility index (Phi) is 5.03. The summed E-state index contributed by atoms with van der Waals surface area (Å²) in [5.41, 5.74) is 8.44. The Hall–Kier alpha value is -1.22. The number of benzene rings is 1. The number of rotatable bonds is 6. The molecule has 3 nitrogen and oxygen atoms in total. The summed E-state index contributed by atoms with van der Waals surface area (Å²) in [6, 6.07) is 4.09. The van der Waals surface area contributed by atoms with Crippen molar-refractivity contribution in [3.8, 4) is 11.5 Å². The number of hydrogen-bond donors (Lipinski definition) is 1. The highest BCUT2D eigenvalue weighted by molar-refractivity contribution is 5.49. The molecular weight excluding hydrogens is 226 g/mol. The first-order valence-corrected chi connectivity index (χ1v) is 6.45. The zero-order chi connectivity index (χ0) is 13.8. The van der Waals surface area contributed by atoms with Crippen LogP contribution in [-0.2, 0) is 5.41 Å². The fourth-order valence-corrected chi connectivity index (χ4v) is 2.53. The van der Waals surface area contributed by atoms with E-state index in [4.69, 9.17) is 15.2 Å². The summed E-state index contributed by atoms with van der Waals surface area (Å²) in [7, 11) is 3.32. The molecule has 0 aliphatic rings. The summed E-state index contributed by atoms with van der Waals surface area (Å²) in [6.07, 6.45) is 2.18. The van der Waals surface area contributed by atoms with Crippen LogP contribution in [0.3, 0.4) is 0 Å². The van der Waals surface area contributed by atoms with Crippen molar-refractivity contribution in [1.29, 1.82) is 0 Å². The highest BCUT2D eigenvalue weighted by Gasteiger charge is 2.27. The molecule has 0 saturated carbocycles. The molecule has 0 heterocycles. The minimum Gasteiger partial charge on any atom is -0.493 e. The molecular formula is C15H25NO2. The molecule has 1 atom stereocenters. The van der Waals surface area contributed by atoms with E-state index in [0.29, 0.717) is 6.54 Å². The maximum atomic E-state index is 5.98. The zero-order valence-corrected chi connectivity index (χ0v) is 12.2. The first-order chi connectivity index (χ1) is 8.52. The summed E-state index contributed by atoms with van der Waals surface area (Å²) in [4.78, 5) is 0. The molecule has 0 aliphatic heterocycles. The third-order valence-electron chi connectivity index (χ3n) is 3.63. The number of aryl methyl sites for hydroxylation is 1. The average molecular weight is 251 g/mol. The predicted molar refractivity (Wildman–Crippen MR) is 75.6 cm³/mol. The summed E-state index contributed by atoms with van der Waals surface area (Å²) in [5.74, 6) is 1.54. The van der Waals surface area contributed by atoms with Gasteiger partial charge in [-0.15, -0.1) is 0 Å². The molecule has 0 aromatic heterocycles. The maximum Gasteiger partial charge on any atom is 0.161 e. The lowest BCUT2D eigenvalue weighted by molar-refractivity contribution is 0.351. The minimum atomic E-state index is -0.00160. The highest BCUT2D eigenvalue weighted by atomic mass is 16.5. The van der Waals surface area contributed by atoms with Crippen molar-refractivity contribution in [2.24, 2.45) is 5.73 Å². The molecule has 0 amide bonds. The van der Waals surface area contributed by atoms with Crippen LogP contribution in [0.2, 0.25) is 0 Å². The predicted octanol–water partition coefficient (Wildman–Crippen LogP) is 3.03. The summed E-state index contributed by atoms with van der Waals surface area (Å²) >= 11 is 0. The Balaban J connectivity index is 3.31. The van der Waals surface area contributed by atoms with E-state index in [1.54, 1.807) is 14.2 Å². The summed E-state index contributed by atoms with van der Waals surface area (Å²) in [6.45, 7) is 7.13. The van der Waals surface area contributed by atoms with E-state index in [1.165, 1.54) is 11.1 Å². The second-order valence-corrected chi connectivity index (χ2v) is 5.04. The van der Waals surface area contributed by atoms with Crippen LogP contribution in [0.25, 0.3) is 0 Å². The zero-order valence-electron chi connectivity index (χ0n) is 12.2. The van der Waals surface area contributed by atoms with Gasteiger partial charge in [0, 0.05) is 12.0 Å². The van der Waals surface area contributed by atoms with E-state index in [9.17, 15) is 0 Å². The lowest BCUT2D eigenvalue weighted by Gasteiger charge is -2.30. The third-order valence-corrected chi connectivity index (χ3v) is 3.63. The Morgan fingerprint density at radius 3 is 2.17 bits per heavy atom. The largest absolute Gasteiger partial charge is 0.493 e. The van der Waals surface area contributed by atoms with E-state index in [1.807, 2.05) is 6.07 Å². The van der Waals surface area contributed by atoms with Gasteiger partial charge in [-0.05, 0) is 36.6 Å². The first kappa shape index (κ1) is 14.8. The number of hydrogen-bond acceptors (Lipinski definition) is 3. The van der Waals surface area contributed by atoms with Gasteiger partial charge in [0.15, 0.2) is 11.5 Å². The van der Waals surface area contributed by atoms with E-state index >= 15 is 0 Å². The summed E-state index contributed by atoms with van der Waals surface area (Å²) in [5, 5.41) is 0. The second-order valence-electron chi connectivity index (χ2n) is 5.04. The molecule has 0 radical (unpaired) electrons. The fraction of sp³-hybridized carbons (Fsp3) is 0.600. The lowest BCUT2D eigenvalue weighted by Crippen LogP contribution is -2.32. The Labute approximate surface area is 110 Å². The van der Waals surface area contributed by atoms with Gasteiger partial charge in [0.05, 0.1) is 14.2 Å². The van der Waals surface area contributed by atoms with E-state index < -0.39 is 0 Å². The Morgan fingerprint density at radius 1 is 1.17 bits per heavy atom. The fourth-order valence-electron chi connectivity index (χ4n) is 2.53. The molecule has 0 aliphatic carbocycles. The van der Waals surface area contributed by atoms with Gasteiger partial charge in [0.2, 0.25) is 0 Å². The monoisotopic (exact) mass is 251 g/mol. The molecule has 18 heavy (non-hydrogen) atoms. The quantitative estimate of drug-likeness (QED) is 0.845. The first-order valence-electron chi connectivity index (χ1n) is 6.45. The summed E-state index contributed by atoms with van der Waals surface area (Å²) < 4.78 is 10.7. The molecule has 3 heteroatoms. The minimum absolute atomic E-state index is 0.00160. The van der Waals surface area contributed by atoms with Crippen molar-refractivity contribution in [3.05, 3.63) is 23.3 Å². The molecule has 1 rings (SSSR count). The molecule has 0 bridgehead atoms. The standard InChI is InChI=1S/C15H25NO2/c1-6-7-15(3,10-16)12-9-14(18-5)13(17-4)8-11(12)2/h8-9H,6-7,10,16H2,1-5H3. The van der Waals surface area contributed by atoms with Crippen LogP contribution in [0.1, 0.15) is 37.8 Å². The van der Waals surface area contributed by atoms with Gasteiger partial charge in [-0.2, -0.15) is 0 Å². The molecule has 1 aromatic carbocycles. The molecule has 1 unspecified atom stereocenters. The van der Waals surface area contributed by atoms with E-state index in [0.717, 1.165) is 24.3 Å². The van der Waals surface area contributed by atoms with Crippen LogP contribution >= 0.6 is 0 Å². The van der Waals surface area contributed by atoms with Gasteiger partial charge >= 0.3 is 0 Å². The van der Waals surface area contributed by atoms with Crippen LogP contribution in [0.4, 0.5) is 0 Å². The van der Waals surface area contributed by atoms with Crippen molar-refractivity contribution in [2.75, 3.05) is 20.8 Å². The van der Waals surface area contributed by atoms with Gasteiger partial charge in [-0.3, -0.25) is 0 Å². The van der Waals surface area contributed by atoms with Crippen molar-refractivity contribution in [3.63, 3.8) is 0 Å². The molecule has 0 spiro atoms. The van der Waals surface area contributed by atoms with Gasteiger partial charge in [0.25, 0.3) is 0 Å². The number of methoxy groups -OCH3 is 2. The van der Waals surface area contributed by atoms with Crippen LogP contribution in [0, 0.1) is 6.92 Å². The molecule has 0 saturated heterocycles. The molecule has 102 valence electrons. The van der Waals surface area contributed by atoms with Crippen molar-refractivity contribution < 1.29 is 9.47 Å². The highest BCUT2D eigenvalue weighted by Crippen LogP contribution is 2.37. The second kappa shape index (κ2) is 6.10. The van der Waals surface area contributed by atoms with Gasteiger partial charge in [0.1, 0.15) is 0 Å². The van der Waals surface area contributed by atoms with Gasteiger partial charge in [-0.25, -0.2) is 0 Å². The smallest absolute Gasteiger partial charge is 0.161 e. The van der Waals surface area contributed by atoms with Crippen molar-refractivity contribution in [1.82, 2.24) is 0 Å². The van der Waals surface area contributed by atoms with Gasteiger partial charge < -0.3 is 15.2 Å². The molecule has 2 N–H and O–H groups in total. The number of ether oxygens (including phenoxy) is 2. The SMILES string of the molecule is CCCC(C)(CN)c1cc(OC)c(OC)cc1C. The van der Waals surface area contributed by atoms with Crippen LogP contribution < -0.4 is 15.2 Å². The van der Waals surface area contributed by atoms with Crippen LogP contribution in [0.5, 0.6) is 11.5 Å². The van der Waals surface area contributed by atoms with Crippen molar-refractivity contribution >= 4 is 0 Å². The average Bonchev–Trinajstić information content (AvgIpc) is 2.38. The van der Waals surface area contributed by atoms with Gasteiger partial charge in [-0.1, -0.05) is 20.3 Å². The topological polar surface area (TPSA) is 44.5 Å². The Bertz CT molecular complexity index is 404. The normalized spacial score (nSPS) is 14.1. The van der Waals surface area contributed by atoms with E-state index in [-0.39, 0.29) is 5.41 Å². The number of nitrogens with two attached hydrogens (primary N) is 1. The maximum absolute atomic E-state index is 5.98. The van der Waals surface area contributed by atoms with Crippen molar-refractivity contribution in [2.45, 2.75) is 39.0 Å². The van der Waals surface area contributed by atoms with E-state index in [2.05, 4.69) is 26.8 Å².